The fraction of sp³-hybridized carbons (Fsp3) is 0.333. The number of nitrogens with zero attached hydrogens (tertiary/aromatic N) is 2. The fourth-order valence-corrected chi connectivity index (χ4v) is 5.39. The summed E-state index contributed by atoms with van der Waals surface area (Å²) in [6.45, 7) is 6.35. The van der Waals surface area contributed by atoms with Crippen molar-refractivity contribution in [3.63, 3.8) is 0 Å². The van der Waals surface area contributed by atoms with Crippen LogP contribution in [-0.4, -0.2) is 50.9 Å². The third-order valence-electron chi connectivity index (χ3n) is 6.72. The molecule has 0 aliphatic carbocycles. The van der Waals surface area contributed by atoms with Crippen LogP contribution in [0.2, 0.25) is 0 Å². The largest absolute Gasteiger partial charge is 0.497 e. The molecule has 0 saturated carbocycles. The lowest BCUT2D eigenvalue weighted by Gasteiger charge is -2.32. The molecule has 1 N–H and O–H groups in total. The molecule has 2 atom stereocenters. The molecule has 8 nitrogen and oxygen atoms in total. The molecule has 3 aromatic rings. The van der Waals surface area contributed by atoms with Gasteiger partial charge in [-0.05, 0) is 69.7 Å². The van der Waals surface area contributed by atoms with Crippen molar-refractivity contribution in [2.45, 2.75) is 57.6 Å². The molecule has 0 spiro atoms. The minimum absolute atomic E-state index is 0.0371. The number of hydrogen-bond acceptors (Lipinski definition) is 5. The third-order valence-corrected chi connectivity index (χ3v) is 8.50. The first-order valence-corrected chi connectivity index (χ1v) is 14.5. The zero-order valence-electron chi connectivity index (χ0n) is 23.4. The van der Waals surface area contributed by atoms with Crippen LogP contribution in [0.4, 0.5) is 10.1 Å². The highest BCUT2D eigenvalue weighted by atomic mass is 32.2. The van der Waals surface area contributed by atoms with Gasteiger partial charge in [-0.25, -0.2) is 12.8 Å². The molecule has 0 aliphatic rings. The molecule has 3 aromatic carbocycles. The SMILES string of the molecule is CCC(C)NC(=O)C(C)N(Cc1ccccc1F)C(=O)CN(c1ccc(C)cc1)S(=O)(=O)c1ccc(OC)cc1. The Morgan fingerprint density at radius 2 is 1.60 bits per heavy atom. The Kier molecular flexibility index (Phi) is 10.3. The van der Waals surface area contributed by atoms with E-state index in [0.717, 1.165) is 9.87 Å². The third kappa shape index (κ3) is 7.38. The Morgan fingerprint density at radius 3 is 2.17 bits per heavy atom. The summed E-state index contributed by atoms with van der Waals surface area (Å²) in [6, 6.07) is 17.4. The molecule has 0 bridgehead atoms. The molecular weight excluding hydrogens is 533 g/mol. The number of aryl methyl sites for hydroxylation is 1. The van der Waals surface area contributed by atoms with Crippen molar-refractivity contribution in [2.24, 2.45) is 0 Å². The van der Waals surface area contributed by atoms with Gasteiger partial charge >= 0.3 is 0 Å². The Bertz CT molecular complexity index is 1410. The number of rotatable bonds is 12. The number of carbonyl (C=O) groups is 2. The molecule has 2 amide bonds. The molecule has 0 fully saturated rings. The van der Waals surface area contributed by atoms with Crippen LogP contribution < -0.4 is 14.4 Å². The molecule has 0 heterocycles. The second kappa shape index (κ2) is 13.4. The highest BCUT2D eigenvalue weighted by Crippen LogP contribution is 2.26. The zero-order valence-corrected chi connectivity index (χ0v) is 24.2. The number of sulfonamides is 1. The number of anilines is 1. The van der Waals surface area contributed by atoms with E-state index in [1.54, 1.807) is 37.3 Å². The van der Waals surface area contributed by atoms with Crippen LogP contribution in [-0.2, 0) is 26.2 Å². The summed E-state index contributed by atoms with van der Waals surface area (Å²) in [5.41, 5.74) is 1.39. The van der Waals surface area contributed by atoms with Crippen LogP contribution in [0.1, 0.15) is 38.3 Å². The number of halogens is 1. The fourth-order valence-electron chi connectivity index (χ4n) is 3.97. The summed E-state index contributed by atoms with van der Waals surface area (Å²) < 4.78 is 48.5. The molecule has 0 saturated heterocycles. The van der Waals surface area contributed by atoms with E-state index < -0.39 is 40.2 Å². The number of methoxy groups -OCH3 is 1. The van der Waals surface area contributed by atoms with E-state index >= 15 is 0 Å². The highest BCUT2D eigenvalue weighted by molar-refractivity contribution is 7.92. The van der Waals surface area contributed by atoms with Crippen LogP contribution >= 0.6 is 0 Å². The summed E-state index contributed by atoms with van der Waals surface area (Å²) in [6.07, 6.45) is 0.682. The summed E-state index contributed by atoms with van der Waals surface area (Å²) in [5, 5.41) is 2.85. The second-order valence-electron chi connectivity index (χ2n) is 9.63. The number of carbonyl (C=O) groups excluding carboxylic acids is 2. The van der Waals surface area contributed by atoms with E-state index in [1.165, 1.54) is 54.5 Å². The summed E-state index contributed by atoms with van der Waals surface area (Å²) in [4.78, 5) is 28.1. The second-order valence-corrected chi connectivity index (χ2v) is 11.5. The Labute approximate surface area is 235 Å². The maximum atomic E-state index is 14.6. The number of benzene rings is 3. The molecule has 2 unspecified atom stereocenters. The summed E-state index contributed by atoms with van der Waals surface area (Å²) >= 11 is 0. The van der Waals surface area contributed by atoms with Gasteiger partial charge in [0.05, 0.1) is 17.7 Å². The first-order chi connectivity index (χ1) is 19.0. The molecule has 0 aromatic heterocycles. The van der Waals surface area contributed by atoms with Crippen molar-refractivity contribution in [3.05, 3.63) is 89.7 Å². The predicted molar refractivity (Wildman–Crippen MR) is 153 cm³/mol. The van der Waals surface area contributed by atoms with Crippen molar-refractivity contribution < 1.29 is 27.1 Å². The minimum Gasteiger partial charge on any atom is -0.497 e. The number of hydrogen-bond donors (Lipinski definition) is 1. The number of ether oxygens (including phenoxy) is 1. The van der Waals surface area contributed by atoms with Crippen molar-refractivity contribution in [1.29, 1.82) is 0 Å². The Hall–Kier alpha value is -3.92. The van der Waals surface area contributed by atoms with E-state index in [9.17, 15) is 22.4 Å². The van der Waals surface area contributed by atoms with E-state index in [2.05, 4.69) is 5.32 Å². The first-order valence-electron chi connectivity index (χ1n) is 13.0. The normalized spacial score (nSPS) is 12.8. The van der Waals surface area contributed by atoms with Crippen LogP contribution in [0.15, 0.2) is 77.7 Å². The van der Waals surface area contributed by atoms with Crippen LogP contribution in [0.5, 0.6) is 5.75 Å². The molecule has 40 heavy (non-hydrogen) atoms. The summed E-state index contributed by atoms with van der Waals surface area (Å²) in [7, 11) is -2.74. The topological polar surface area (TPSA) is 96.0 Å². The lowest BCUT2D eigenvalue weighted by atomic mass is 10.1. The monoisotopic (exact) mass is 569 g/mol. The van der Waals surface area contributed by atoms with Crippen LogP contribution in [0.3, 0.4) is 0 Å². The highest BCUT2D eigenvalue weighted by Gasteiger charge is 2.33. The molecule has 0 aliphatic heterocycles. The molecule has 10 heteroatoms. The van der Waals surface area contributed by atoms with E-state index in [0.29, 0.717) is 12.2 Å². The average molecular weight is 570 g/mol. The van der Waals surface area contributed by atoms with Crippen LogP contribution in [0.25, 0.3) is 0 Å². The Morgan fingerprint density at radius 1 is 0.975 bits per heavy atom. The number of nitrogens with one attached hydrogen (secondary N) is 1. The van der Waals surface area contributed by atoms with Crippen molar-refractivity contribution >= 4 is 27.5 Å². The lowest BCUT2D eigenvalue weighted by Crippen LogP contribution is -2.52. The van der Waals surface area contributed by atoms with Crippen molar-refractivity contribution in [3.8, 4) is 5.75 Å². The van der Waals surface area contributed by atoms with Crippen molar-refractivity contribution in [2.75, 3.05) is 18.0 Å². The van der Waals surface area contributed by atoms with E-state index in [-0.39, 0.29) is 28.7 Å². The predicted octanol–water partition coefficient (Wildman–Crippen LogP) is 4.67. The van der Waals surface area contributed by atoms with Gasteiger partial charge in [0.1, 0.15) is 24.2 Å². The molecular formula is C30H36FN3O5S. The van der Waals surface area contributed by atoms with Gasteiger partial charge in [-0.15, -0.1) is 0 Å². The zero-order chi connectivity index (χ0) is 29.4. The van der Waals surface area contributed by atoms with Gasteiger partial charge in [0.2, 0.25) is 11.8 Å². The first kappa shape index (κ1) is 30.6. The van der Waals surface area contributed by atoms with Gasteiger partial charge < -0.3 is 15.0 Å². The van der Waals surface area contributed by atoms with E-state index in [4.69, 9.17) is 4.74 Å². The standard InChI is InChI=1S/C30H36FN3O5S/c1-6-22(3)32-30(36)23(4)33(19-24-9-7-8-10-28(24)31)29(35)20-34(25-13-11-21(2)12-14-25)40(37,38)27-17-15-26(39-5)16-18-27/h7-18,22-23H,6,19-20H2,1-5H3,(H,32,36). The van der Waals surface area contributed by atoms with Gasteiger partial charge in [-0.1, -0.05) is 42.8 Å². The quantitative estimate of drug-likeness (QED) is 0.342. The molecule has 3 rings (SSSR count). The maximum Gasteiger partial charge on any atom is 0.264 e. The van der Waals surface area contributed by atoms with Crippen molar-refractivity contribution in [1.82, 2.24) is 10.2 Å². The van der Waals surface area contributed by atoms with E-state index in [1.807, 2.05) is 20.8 Å². The average Bonchev–Trinajstić information content (AvgIpc) is 2.95. The molecule has 0 radical (unpaired) electrons. The van der Waals surface area contributed by atoms with Gasteiger partial charge in [0, 0.05) is 18.2 Å². The lowest BCUT2D eigenvalue weighted by molar-refractivity contribution is -0.139. The van der Waals surface area contributed by atoms with Gasteiger partial charge in [0.15, 0.2) is 0 Å². The summed E-state index contributed by atoms with van der Waals surface area (Å²) in [5.74, 6) is -1.13. The van der Waals surface area contributed by atoms with Gasteiger partial charge in [0.25, 0.3) is 10.0 Å². The van der Waals surface area contributed by atoms with Gasteiger partial charge in [-0.3, -0.25) is 13.9 Å². The Balaban J connectivity index is 2.03. The van der Waals surface area contributed by atoms with Gasteiger partial charge in [-0.2, -0.15) is 0 Å². The number of amides is 2. The smallest absolute Gasteiger partial charge is 0.264 e. The molecule has 214 valence electrons. The maximum absolute atomic E-state index is 14.6. The van der Waals surface area contributed by atoms with Crippen LogP contribution in [0, 0.1) is 12.7 Å². The minimum atomic E-state index is -4.21.